The van der Waals surface area contributed by atoms with Crippen LogP contribution in [-0.2, 0) is 10.2 Å². The largest absolute Gasteiger partial charge is 0.368 e. The van der Waals surface area contributed by atoms with Crippen molar-refractivity contribution < 1.29 is 12.8 Å². The molecule has 0 aliphatic rings. The number of nitrogens with zero attached hydrogens (tertiary/aromatic N) is 2. The summed E-state index contributed by atoms with van der Waals surface area (Å²) >= 11 is 0. The fourth-order valence-electron chi connectivity index (χ4n) is 3.42. The molecule has 6 nitrogen and oxygen atoms in total. The molecule has 0 radical (unpaired) electrons. The van der Waals surface area contributed by atoms with Crippen molar-refractivity contribution in [2.45, 2.75) is 33.7 Å². The van der Waals surface area contributed by atoms with Gasteiger partial charge in [-0.2, -0.15) is 8.42 Å². The number of aryl methyl sites for hydroxylation is 2. The molecule has 0 amide bonds. The summed E-state index contributed by atoms with van der Waals surface area (Å²) in [5.74, 6) is 0.297. The number of benzene rings is 2. The maximum Gasteiger partial charge on any atom is 0.298 e. The zero-order chi connectivity index (χ0) is 22.9. The summed E-state index contributed by atoms with van der Waals surface area (Å²) < 4.78 is 38.8. The topological polar surface area (TPSA) is 88.3 Å². The zero-order valence-corrected chi connectivity index (χ0v) is 19.1. The lowest BCUT2D eigenvalue weighted by Gasteiger charge is -2.18. The minimum atomic E-state index is -3.95. The van der Waals surface area contributed by atoms with Crippen molar-refractivity contribution in [3.8, 4) is 22.3 Å². The molecule has 0 unspecified atom stereocenters. The van der Waals surface area contributed by atoms with Crippen molar-refractivity contribution in [3.63, 3.8) is 0 Å². The van der Waals surface area contributed by atoms with Crippen LogP contribution in [0.5, 0.6) is 0 Å². The molecule has 31 heavy (non-hydrogen) atoms. The van der Waals surface area contributed by atoms with Gasteiger partial charge in [0.1, 0.15) is 11.6 Å². The van der Waals surface area contributed by atoms with Crippen LogP contribution in [0.3, 0.4) is 0 Å². The van der Waals surface area contributed by atoms with Crippen LogP contribution in [0.4, 0.5) is 15.9 Å². The lowest BCUT2D eigenvalue weighted by Crippen LogP contribution is -2.33. The fraction of sp³-hybridized carbons (Fsp3) is 0.261. The van der Waals surface area contributed by atoms with Crippen LogP contribution in [0.1, 0.15) is 25.0 Å². The van der Waals surface area contributed by atoms with E-state index in [-0.39, 0.29) is 5.69 Å². The predicted molar refractivity (Wildman–Crippen MR) is 125 cm³/mol. The molecule has 0 atom stereocenters. The Bertz CT molecular complexity index is 1210. The molecule has 164 valence electrons. The van der Waals surface area contributed by atoms with Crippen molar-refractivity contribution in [2.24, 2.45) is 5.14 Å². The van der Waals surface area contributed by atoms with Gasteiger partial charge in [0.15, 0.2) is 0 Å². The summed E-state index contributed by atoms with van der Waals surface area (Å²) in [4.78, 5) is 4.47. The zero-order valence-electron chi connectivity index (χ0n) is 18.3. The first-order valence-corrected chi connectivity index (χ1v) is 11.4. The van der Waals surface area contributed by atoms with E-state index < -0.39 is 16.0 Å². The van der Waals surface area contributed by atoms with E-state index in [1.807, 2.05) is 44.3 Å². The smallest absolute Gasteiger partial charge is 0.298 e. The first-order chi connectivity index (χ1) is 14.5. The Labute approximate surface area is 183 Å². The summed E-state index contributed by atoms with van der Waals surface area (Å²) in [6.45, 7) is 8.00. The first-order valence-electron chi connectivity index (χ1n) is 9.88. The third kappa shape index (κ3) is 5.03. The lowest BCUT2D eigenvalue weighted by molar-refractivity contribution is 0.595. The Morgan fingerprint density at radius 1 is 1.00 bits per heavy atom. The molecule has 0 saturated heterocycles. The summed E-state index contributed by atoms with van der Waals surface area (Å²) in [7, 11) is -2.67. The van der Waals surface area contributed by atoms with Gasteiger partial charge in [-0.1, -0.05) is 12.1 Å². The fourth-order valence-corrected chi connectivity index (χ4v) is 3.82. The molecule has 8 heteroatoms. The molecule has 0 aliphatic heterocycles. The highest BCUT2D eigenvalue weighted by Gasteiger charge is 2.17. The molecular formula is C23H27FN4O2S. The van der Waals surface area contributed by atoms with E-state index >= 15 is 0 Å². The number of rotatable bonds is 6. The Hall–Kier alpha value is -2.97. The van der Waals surface area contributed by atoms with E-state index in [2.05, 4.69) is 24.1 Å². The number of hydrogen-bond acceptors (Lipinski definition) is 4. The molecule has 0 fully saturated rings. The molecule has 3 rings (SSSR count). The van der Waals surface area contributed by atoms with Crippen molar-refractivity contribution in [1.29, 1.82) is 0 Å². The van der Waals surface area contributed by atoms with Gasteiger partial charge in [0, 0.05) is 30.4 Å². The van der Waals surface area contributed by atoms with Crippen LogP contribution >= 0.6 is 0 Å². The van der Waals surface area contributed by atoms with Gasteiger partial charge >= 0.3 is 0 Å². The van der Waals surface area contributed by atoms with Crippen LogP contribution < -0.4 is 14.8 Å². The summed E-state index contributed by atoms with van der Waals surface area (Å²) in [6, 6.07) is 12.5. The third-order valence-electron chi connectivity index (χ3n) is 5.07. The summed E-state index contributed by atoms with van der Waals surface area (Å²) in [5, 5.41) is 8.39. The van der Waals surface area contributed by atoms with E-state index in [0.29, 0.717) is 11.6 Å². The van der Waals surface area contributed by atoms with E-state index in [9.17, 15) is 12.8 Å². The summed E-state index contributed by atoms with van der Waals surface area (Å²) in [6.07, 6.45) is 1.82. The number of hydrogen-bond donors (Lipinski definition) is 2. The van der Waals surface area contributed by atoms with Gasteiger partial charge in [-0.3, -0.25) is 4.31 Å². The predicted octanol–water partition coefficient (Wildman–Crippen LogP) is 4.63. The Balaban J connectivity index is 1.97. The van der Waals surface area contributed by atoms with Crippen molar-refractivity contribution in [2.75, 3.05) is 16.7 Å². The molecule has 0 aliphatic carbocycles. The van der Waals surface area contributed by atoms with Crippen molar-refractivity contribution in [3.05, 3.63) is 65.6 Å². The highest BCUT2D eigenvalue weighted by Crippen LogP contribution is 2.34. The number of halogens is 1. The second-order valence-corrected chi connectivity index (χ2v) is 9.47. The van der Waals surface area contributed by atoms with E-state index in [1.165, 1.54) is 19.2 Å². The van der Waals surface area contributed by atoms with E-state index in [0.717, 1.165) is 37.9 Å². The Kier molecular flexibility index (Phi) is 6.33. The number of nitrogens with two attached hydrogens (primary N) is 1. The quantitative estimate of drug-likeness (QED) is 0.582. The average Bonchev–Trinajstić information content (AvgIpc) is 2.68. The first kappa shape index (κ1) is 22.7. The van der Waals surface area contributed by atoms with Gasteiger partial charge in [0.25, 0.3) is 10.2 Å². The highest BCUT2D eigenvalue weighted by molar-refractivity contribution is 7.90. The standard InChI is InChI=1S/C23H27FN4O2S/c1-14(2)27-23-9-6-17(13-26-23)20-10-16(4)21(11-15(20)3)19-8-7-18(12-22(19)24)28(5)31(25,29)30/h6-14H,1-5H3,(H,26,27)(H2,25,29,30). The molecule has 2 aromatic carbocycles. The van der Waals surface area contributed by atoms with Gasteiger partial charge in [0.2, 0.25) is 0 Å². The second-order valence-electron chi connectivity index (χ2n) is 7.89. The van der Waals surface area contributed by atoms with E-state index in [1.54, 1.807) is 6.07 Å². The van der Waals surface area contributed by atoms with Gasteiger partial charge in [0.05, 0.1) is 5.69 Å². The second kappa shape index (κ2) is 8.64. The van der Waals surface area contributed by atoms with Crippen LogP contribution in [0.15, 0.2) is 48.7 Å². The Morgan fingerprint density at radius 3 is 2.19 bits per heavy atom. The minimum Gasteiger partial charge on any atom is -0.368 e. The number of anilines is 2. The normalized spacial score (nSPS) is 11.6. The number of nitrogens with one attached hydrogen (secondary N) is 1. The van der Waals surface area contributed by atoms with Crippen LogP contribution in [-0.4, -0.2) is 26.5 Å². The van der Waals surface area contributed by atoms with Gasteiger partial charge in [-0.15, -0.1) is 0 Å². The van der Waals surface area contributed by atoms with Crippen LogP contribution in [0, 0.1) is 19.7 Å². The number of pyridine rings is 1. The summed E-state index contributed by atoms with van der Waals surface area (Å²) in [5.41, 5.74) is 5.19. The van der Waals surface area contributed by atoms with E-state index in [4.69, 9.17) is 5.14 Å². The highest BCUT2D eigenvalue weighted by atomic mass is 32.2. The average molecular weight is 443 g/mol. The maximum atomic E-state index is 14.9. The Morgan fingerprint density at radius 2 is 1.65 bits per heavy atom. The molecule has 3 aromatic rings. The molecule has 0 spiro atoms. The SMILES string of the molecule is Cc1cc(-c2ccc(N(C)S(N)(=O)=O)cc2F)c(C)cc1-c1ccc(NC(C)C)nc1. The van der Waals surface area contributed by atoms with Crippen LogP contribution in [0.2, 0.25) is 0 Å². The monoisotopic (exact) mass is 442 g/mol. The van der Waals surface area contributed by atoms with Crippen molar-refractivity contribution >= 4 is 21.7 Å². The minimum absolute atomic E-state index is 0.163. The maximum absolute atomic E-state index is 14.9. The third-order valence-corrected chi connectivity index (χ3v) is 6.04. The molecule has 0 bridgehead atoms. The molecule has 1 aromatic heterocycles. The van der Waals surface area contributed by atoms with Crippen LogP contribution in [0.25, 0.3) is 22.3 Å². The molecule has 0 saturated carbocycles. The molecular weight excluding hydrogens is 415 g/mol. The van der Waals surface area contributed by atoms with Gasteiger partial charge in [-0.05, 0) is 80.3 Å². The number of aromatic nitrogens is 1. The lowest BCUT2D eigenvalue weighted by atomic mass is 9.92. The molecule has 3 N–H and O–H groups in total. The van der Waals surface area contributed by atoms with Crippen molar-refractivity contribution in [1.82, 2.24) is 4.98 Å². The van der Waals surface area contributed by atoms with Gasteiger partial charge < -0.3 is 5.32 Å². The van der Waals surface area contributed by atoms with Gasteiger partial charge in [-0.25, -0.2) is 14.5 Å². The molecule has 1 heterocycles.